The molecule has 92 valence electrons. The minimum absolute atomic E-state index is 0.135. The maximum absolute atomic E-state index is 11.5. The second kappa shape index (κ2) is 7.19. The second-order valence-electron chi connectivity index (χ2n) is 3.43. The molecule has 0 saturated carbocycles. The molecule has 1 atom stereocenters. The van der Waals surface area contributed by atoms with Crippen LogP contribution in [0.5, 0.6) is 0 Å². The van der Waals surface area contributed by atoms with E-state index in [0.29, 0.717) is 32.9 Å². The lowest BCUT2D eigenvalue weighted by Crippen LogP contribution is -2.51. The molecular formula is C10H18N2O4. The van der Waals surface area contributed by atoms with Crippen molar-refractivity contribution in [3.05, 3.63) is 0 Å². The van der Waals surface area contributed by atoms with Gasteiger partial charge in [-0.1, -0.05) is 0 Å². The monoisotopic (exact) mass is 230 g/mol. The van der Waals surface area contributed by atoms with Crippen LogP contribution in [0, 0.1) is 0 Å². The first-order chi connectivity index (χ1) is 7.74. The van der Waals surface area contributed by atoms with Crippen LogP contribution in [0.25, 0.3) is 0 Å². The number of hydrogen-bond donors (Lipinski definition) is 2. The van der Waals surface area contributed by atoms with Crippen LogP contribution < -0.4 is 10.6 Å². The van der Waals surface area contributed by atoms with Gasteiger partial charge in [-0.2, -0.15) is 0 Å². The number of carbonyl (C=O) groups excluding carboxylic acids is 2. The SMILES string of the molecule is CCOC(=O)CCNC(=O)C1COCCN1. The van der Waals surface area contributed by atoms with E-state index < -0.39 is 0 Å². The fraction of sp³-hybridized carbons (Fsp3) is 0.800. The van der Waals surface area contributed by atoms with Gasteiger partial charge in [-0.15, -0.1) is 0 Å². The Bertz CT molecular complexity index is 239. The molecule has 6 heteroatoms. The molecule has 16 heavy (non-hydrogen) atoms. The molecule has 0 radical (unpaired) electrons. The van der Waals surface area contributed by atoms with Crippen LogP contribution in [0.1, 0.15) is 13.3 Å². The lowest BCUT2D eigenvalue weighted by Gasteiger charge is -2.22. The number of ether oxygens (including phenoxy) is 2. The van der Waals surface area contributed by atoms with Crippen LogP contribution in [0.15, 0.2) is 0 Å². The molecule has 1 heterocycles. The van der Waals surface area contributed by atoms with E-state index >= 15 is 0 Å². The largest absolute Gasteiger partial charge is 0.466 e. The Hall–Kier alpha value is -1.14. The molecule has 1 rings (SSSR count). The standard InChI is InChI=1S/C10H18N2O4/c1-2-16-9(13)3-4-12-10(14)8-7-15-6-5-11-8/h8,11H,2-7H2,1H3,(H,12,14). The molecule has 0 aliphatic carbocycles. The first kappa shape index (κ1) is 12.9. The normalized spacial score (nSPS) is 20.2. The van der Waals surface area contributed by atoms with Crippen molar-refractivity contribution in [2.75, 3.05) is 32.9 Å². The quantitative estimate of drug-likeness (QED) is 0.595. The van der Waals surface area contributed by atoms with E-state index in [0.717, 1.165) is 0 Å². The van der Waals surface area contributed by atoms with E-state index in [1.807, 2.05) is 0 Å². The molecule has 1 aliphatic rings. The molecule has 1 aliphatic heterocycles. The summed E-state index contributed by atoms with van der Waals surface area (Å²) in [6.45, 7) is 4.11. The summed E-state index contributed by atoms with van der Waals surface area (Å²) >= 11 is 0. The van der Waals surface area contributed by atoms with E-state index in [1.54, 1.807) is 6.92 Å². The number of esters is 1. The van der Waals surface area contributed by atoms with Gasteiger partial charge in [-0.3, -0.25) is 9.59 Å². The molecule has 6 nitrogen and oxygen atoms in total. The summed E-state index contributed by atoms with van der Waals surface area (Å²) < 4.78 is 9.89. The zero-order valence-corrected chi connectivity index (χ0v) is 9.45. The average Bonchev–Trinajstić information content (AvgIpc) is 2.30. The maximum atomic E-state index is 11.5. The molecule has 1 unspecified atom stereocenters. The molecule has 1 saturated heterocycles. The number of nitrogens with one attached hydrogen (secondary N) is 2. The molecule has 0 bridgehead atoms. The summed E-state index contributed by atoms with van der Waals surface area (Å²) in [5, 5.41) is 5.69. The summed E-state index contributed by atoms with van der Waals surface area (Å²) in [4.78, 5) is 22.5. The fourth-order valence-corrected chi connectivity index (χ4v) is 1.38. The molecule has 1 fully saturated rings. The van der Waals surface area contributed by atoms with Crippen molar-refractivity contribution < 1.29 is 19.1 Å². The van der Waals surface area contributed by atoms with Crippen LogP contribution >= 0.6 is 0 Å². The van der Waals surface area contributed by atoms with Crippen LogP contribution in [-0.2, 0) is 19.1 Å². The van der Waals surface area contributed by atoms with Crippen molar-refractivity contribution in [1.29, 1.82) is 0 Å². The van der Waals surface area contributed by atoms with Gasteiger partial charge in [-0.05, 0) is 6.92 Å². The molecule has 0 aromatic heterocycles. The molecular weight excluding hydrogens is 212 g/mol. The maximum Gasteiger partial charge on any atom is 0.307 e. The average molecular weight is 230 g/mol. The van der Waals surface area contributed by atoms with Crippen molar-refractivity contribution in [3.8, 4) is 0 Å². The molecule has 2 N–H and O–H groups in total. The topological polar surface area (TPSA) is 76.7 Å². The van der Waals surface area contributed by atoms with Crippen LogP contribution in [-0.4, -0.2) is 50.8 Å². The van der Waals surface area contributed by atoms with E-state index in [1.165, 1.54) is 0 Å². The number of carbonyl (C=O) groups is 2. The van der Waals surface area contributed by atoms with Gasteiger partial charge >= 0.3 is 5.97 Å². The summed E-state index contributed by atoms with van der Waals surface area (Å²) in [6, 6.07) is -0.309. The highest BCUT2D eigenvalue weighted by molar-refractivity contribution is 5.82. The van der Waals surface area contributed by atoms with Gasteiger partial charge in [0.2, 0.25) is 5.91 Å². The molecule has 0 aromatic rings. The lowest BCUT2D eigenvalue weighted by molar-refractivity contribution is -0.143. The van der Waals surface area contributed by atoms with Crippen LogP contribution in [0.2, 0.25) is 0 Å². The summed E-state index contributed by atoms with van der Waals surface area (Å²) in [7, 11) is 0. The highest BCUT2D eigenvalue weighted by Gasteiger charge is 2.20. The third-order valence-electron chi connectivity index (χ3n) is 2.17. The summed E-state index contributed by atoms with van der Waals surface area (Å²) in [5.41, 5.74) is 0. The van der Waals surface area contributed by atoms with Crippen molar-refractivity contribution in [2.24, 2.45) is 0 Å². The van der Waals surface area contributed by atoms with Crippen LogP contribution in [0.3, 0.4) is 0 Å². The first-order valence-corrected chi connectivity index (χ1v) is 5.48. The molecule has 1 amide bonds. The minimum Gasteiger partial charge on any atom is -0.466 e. The van der Waals surface area contributed by atoms with Gasteiger partial charge in [-0.25, -0.2) is 0 Å². The summed E-state index contributed by atoms with van der Waals surface area (Å²) in [5.74, 6) is -0.431. The van der Waals surface area contributed by atoms with Crippen LogP contribution in [0.4, 0.5) is 0 Å². The Morgan fingerprint density at radius 3 is 3.00 bits per heavy atom. The number of amides is 1. The first-order valence-electron chi connectivity index (χ1n) is 5.48. The Morgan fingerprint density at radius 1 is 1.56 bits per heavy atom. The van der Waals surface area contributed by atoms with Gasteiger partial charge in [0, 0.05) is 13.1 Å². The van der Waals surface area contributed by atoms with Gasteiger partial charge in [0.05, 0.1) is 26.2 Å². The predicted molar refractivity (Wildman–Crippen MR) is 56.9 cm³/mol. The summed E-state index contributed by atoms with van der Waals surface area (Å²) in [6.07, 6.45) is 0.202. The Morgan fingerprint density at radius 2 is 2.38 bits per heavy atom. The van der Waals surface area contributed by atoms with E-state index in [2.05, 4.69) is 10.6 Å². The van der Waals surface area contributed by atoms with Crippen molar-refractivity contribution in [1.82, 2.24) is 10.6 Å². The Balaban J connectivity index is 2.12. The van der Waals surface area contributed by atoms with E-state index in [-0.39, 0.29) is 24.3 Å². The van der Waals surface area contributed by atoms with Gasteiger partial charge < -0.3 is 20.1 Å². The minimum atomic E-state index is -0.309. The van der Waals surface area contributed by atoms with Gasteiger partial charge in [0.1, 0.15) is 6.04 Å². The molecule has 0 aromatic carbocycles. The van der Waals surface area contributed by atoms with Crippen molar-refractivity contribution >= 4 is 11.9 Å². The van der Waals surface area contributed by atoms with E-state index in [9.17, 15) is 9.59 Å². The van der Waals surface area contributed by atoms with E-state index in [4.69, 9.17) is 9.47 Å². The van der Waals surface area contributed by atoms with Gasteiger partial charge in [0.15, 0.2) is 0 Å². The number of morpholine rings is 1. The fourth-order valence-electron chi connectivity index (χ4n) is 1.38. The smallest absolute Gasteiger partial charge is 0.307 e. The Labute approximate surface area is 94.7 Å². The highest BCUT2D eigenvalue weighted by Crippen LogP contribution is 1.93. The second-order valence-corrected chi connectivity index (χ2v) is 3.43. The number of hydrogen-bond acceptors (Lipinski definition) is 5. The zero-order chi connectivity index (χ0) is 11.8. The highest BCUT2D eigenvalue weighted by atomic mass is 16.5. The zero-order valence-electron chi connectivity index (χ0n) is 9.45. The number of rotatable bonds is 5. The lowest BCUT2D eigenvalue weighted by atomic mass is 10.2. The third kappa shape index (κ3) is 4.59. The third-order valence-corrected chi connectivity index (χ3v) is 2.17. The Kier molecular flexibility index (Phi) is 5.81. The predicted octanol–water partition coefficient (Wildman–Crippen LogP) is -0.956. The van der Waals surface area contributed by atoms with Crippen molar-refractivity contribution in [2.45, 2.75) is 19.4 Å². The van der Waals surface area contributed by atoms with Crippen molar-refractivity contribution in [3.63, 3.8) is 0 Å². The molecule has 0 spiro atoms. The van der Waals surface area contributed by atoms with Gasteiger partial charge in [0.25, 0.3) is 0 Å².